The molecule has 0 spiro atoms. The molecule has 0 saturated heterocycles. The van der Waals surface area contributed by atoms with Crippen molar-refractivity contribution in [3.8, 4) is 5.75 Å². The van der Waals surface area contributed by atoms with Crippen LogP contribution in [0.4, 0.5) is 0 Å². The molecular formula is C14H15ClOS. The van der Waals surface area contributed by atoms with Gasteiger partial charge in [0, 0.05) is 15.3 Å². The Bertz CT molecular complexity index is 479. The number of hydrogen-bond donors (Lipinski definition) is 0. The van der Waals surface area contributed by atoms with E-state index in [0.717, 1.165) is 17.7 Å². The van der Waals surface area contributed by atoms with Gasteiger partial charge in [-0.3, -0.25) is 0 Å². The van der Waals surface area contributed by atoms with E-state index in [1.165, 1.54) is 9.75 Å². The number of para-hydroxylation sites is 1. The summed E-state index contributed by atoms with van der Waals surface area (Å²) in [4.78, 5) is 2.65. The van der Waals surface area contributed by atoms with Gasteiger partial charge in [0.25, 0.3) is 0 Å². The molecule has 0 aliphatic rings. The molecular weight excluding hydrogens is 252 g/mol. The molecule has 3 heteroatoms. The Labute approximate surface area is 111 Å². The zero-order valence-electron chi connectivity index (χ0n) is 9.78. The van der Waals surface area contributed by atoms with Crippen LogP contribution in [-0.2, 0) is 18.9 Å². The number of rotatable bonds is 5. The minimum absolute atomic E-state index is 0.487. The topological polar surface area (TPSA) is 9.23 Å². The fourth-order valence-electron chi connectivity index (χ4n) is 1.59. The maximum absolute atomic E-state index is 5.86. The van der Waals surface area contributed by atoms with Crippen LogP contribution in [0.25, 0.3) is 0 Å². The Kier molecular flexibility index (Phi) is 4.46. The van der Waals surface area contributed by atoms with Crippen molar-refractivity contribution in [3.63, 3.8) is 0 Å². The van der Waals surface area contributed by atoms with Gasteiger partial charge in [0.1, 0.15) is 12.4 Å². The fraction of sp³-hybridized carbons (Fsp3) is 0.286. The van der Waals surface area contributed by atoms with Crippen LogP contribution < -0.4 is 4.74 Å². The summed E-state index contributed by atoms with van der Waals surface area (Å²) in [5, 5.41) is 0. The smallest absolute Gasteiger partial charge is 0.124 e. The number of benzene rings is 1. The van der Waals surface area contributed by atoms with Crippen molar-refractivity contribution in [2.75, 3.05) is 0 Å². The van der Waals surface area contributed by atoms with Gasteiger partial charge in [-0.1, -0.05) is 25.1 Å². The summed E-state index contributed by atoms with van der Waals surface area (Å²) in [6.07, 6.45) is 1.09. The highest BCUT2D eigenvalue weighted by atomic mass is 35.5. The lowest BCUT2D eigenvalue weighted by atomic mass is 10.2. The molecule has 0 aliphatic heterocycles. The van der Waals surface area contributed by atoms with Crippen molar-refractivity contribution in [2.24, 2.45) is 0 Å². The summed E-state index contributed by atoms with van der Waals surface area (Å²) in [7, 11) is 0. The molecule has 0 aliphatic carbocycles. The van der Waals surface area contributed by atoms with E-state index in [2.05, 4.69) is 19.1 Å². The molecule has 0 atom stereocenters. The number of aryl methyl sites for hydroxylation is 1. The highest BCUT2D eigenvalue weighted by molar-refractivity contribution is 7.11. The quantitative estimate of drug-likeness (QED) is 0.717. The van der Waals surface area contributed by atoms with Crippen LogP contribution in [0.2, 0.25) is 0 Å². The average Bonchev–Trinajstić information content (AvgIpc) is 2.84. The maximum Gasteiger partial charge on any atom is 0.124 e. The van der Waals surface area contributed by atoms with E-state index in [9.17, 15) is 0 Å². The molecule has 0 N–H and O–H groups in total. The number of halogens is 1. The van der Waals surface area contributed by atoms with E-state index in [0.29, 0.717) is 12.5 Å². The minimum atomic E-state index is 0.487. The molecule has 2 rings (SSSR count). The molecule has 0 fully saturated rings. The molecule has 2 aromatic rings. The van der Waals surface area contributed by atoms with Gasteiger partial charge in [-0.25, -0.2) is 0 Å². The second-order valence-electron chi connectivity index (χ2n) is 3.75. The third kappa shape index (κ3) is 3.24. The minimum Gasteiger partial charge on any atom is -0.488 e. The van der Waals surface area contributed by atoms with Gasteiger partial charge in [0.05, 0.1) is 5.88 Å². The SMILES string of the molecule is CCc1ccc(COc2ccccc2CCl)s1. The first-order valence-corrected chi connectivity index (χ1v) is 7.03. The summed E-state index contributed by atoms with van der Waals surface area (Å²) >= 11 is 7.67. The van der Waals surface area contributed by atoms with Gasteiger partial charge in [-0.05, 0) is 24.6 Å². The first-order valence-electron chi connectivity index (χ1n) is 5.67. The lowest BCUT2D eigenvalue weighted by Gasteiger charge is -2.08. The van der Waals surface area contributed by atoms with E-state index in [1.54, 1.807) is 0 Å². The third-order valence-corrected chi connectivity index (χ3v) is 4.04. The van der Waals surface area contributed by atoms with Crippen molar-refractivity contribution >= 4 is 22.9 Å². The fourth-order valence-corrected chi connectivity index (χ4v) is 2.69. The van der Waals surface area contributed by atoms with Crippen LogP contribution in [0.15, 0.2) is 36.4 Å². The maximum atomic E-state index is 5.86. The molecule has 0 saturated carbocycles. The number of thiophene rings is 1. The van der Waals surface area contributed by atoms with Crippen LogP contribution >= 0.6 is 22.9 Å². The van der Waals surface area contributed by atoms with Crippen LogP contribution in [0.5, 0.6) is 5.75 Å². The number of hydrogen-bond acceptors (Lipinski definition) is 2. The molecule has 1 heterocycles. The Morgan fingerprint density at radius 2 is 1.88 bits per heavy atom. The van der Waals surface area contributed by atoms with E-state index in [4.69, 9.17) is 16.3 Å². The van der Waals surface area contributed by atoms with Crippen LogP contribution in [0.3, 0.4) is 0 Å². The van der Waals surface area contributed by atoms with Gasteiger partial charge >= 0.3 is 0 Å². The molecule has 0 amide bonds. The van der Waals surface area contributed by atoms with E-state index in [1.807, 2.05) is 35.6 Å². The van der Waals surface area contributed by atoms with E-state index < -0.39 is 0 Å². The van der Waals surface area contributed by atoms with E-state index in [-0.39, 0.29) is 0 Å². The molecule has 0 radical (unpaired) electrons. The summed E-state index contributed by atoms with van der Waals surface area (Å²) < 4.78 is 5.80. The summed E-state index contributed by atoms with van der Waals surface area (Å²) in [6.45, 7) is 2.79. The monoisotopic (exact) mass is 266 g/mol. The highest BCUT2D eigenvalue weighted by Crippen LogP contribution is 2.23. The van der Waals surface area contributed by atoms with Crippen LogP contribution in [-0.4, -0.2) is 0 Å². The zero-order valence-corrected chi connectivity index (χ0v) is 11.4. The lowest BCUT2D eigenvalue weighted by Crippen LogP contribution is -1.95. The first kappa shape index (κ1) is 12.5. The van der Waals surface area contributed by atoms with Gasteiger partial charge in [0.2, 0.25) is 0 Å². The Hall–Kier alpha value is -0.990. The Morgan fingerprint density at radius 3 is 2.59 bits per heavy atom. The molecule has 1 nitrogen and oxygen atoms in total. The van der Waals surface area contributed by atoms with Gasteiger partial charge in [-0.15, -0.1) is 22.9 Å². The van der Waals surface area contributed by atoms with Gasteiger partial charge in [-0.2, -0.15) is 0 Å². The van der Waals surface area contributed by atoms with Gasteiger partial charge in [0.15, 0.2) is 0 Å². The highest BCUT2D eigenvalue weighted by Gasteiger charge is 2.03. The number of alkyl halides is 1. The molecule has 0 bridgehead atoms. The Morgan fingerprint density at radius 1 is 1.12 bits per heavy atom. The number of ether oxygens (including phenoxy) is 1. The predicted octanol–water partition coefficient (Wildman–Crippen LogP) is 4.63. The Balaban J connectivity index is 2.01. The zero-order chi connectivity index (χ0) is 12.1. The van der Waals surface area contributed by atoms with Crippen LogP contribution in [0.1, 0.15) is 22.2 Å². The second-order valence-corrected chi connectivity index (χ2v) is 5.27. The summed E-state index contributed by atoms with van der Waals surface area (Å²) in [5.41, 5.74) is 1.04. The van der Waals surface area contributed by atoms with Crippen molar-refractivity contribution in [1.82, 2.24) is 0 Å². The molecule has 90 valence electrons. The lowest BCUT2D eigenvalue weighted by molar-refractivity contribution is 0.307. The molecule has 1 aromatic carbocycles. The standard InChI is InChI=1S/C14H15ClOS/c1-2-12-7-8-13(17-12)10-16-14-6-4-3-5-11(14)9-15/h3-8H,2,9-10H2,1H3. The third-order valence-electron chi connectivity index (χ3n) is 2.55. The average molecular weight is 267 g/mol. The van der Waals surface area contributed by atoms with Crippen LogP contribution in [0, 0.1) is 0 Å². The first-order chi connectivity index (χ1) is 8.33. The second kappa shape index (κ2) is 6.08. The molecule has 0 unspecified atom stereocenters. The predicted molar refractivity (Wildman–Crippen MR) is 74.0 cm³/mol. The van der Waals surface area contributed by atoms with Crippen molar-refractivity contribution in [1.29, 1.82) is 0 Å². The summed E-state index contributed by atoms with van der Waals surface area (Å²) in [5.74, 6) is 1.37. The summed E-state index contributed by atoms with van der Waals surface area (Å²) in [6, 6.07) is 12.2. The largest absolute Gasteiger partial charge is 0.488 e. The van der Waals surface area contributed by atoms with E-state index >= 15 is 0 Å². The normalized spacial score (nSPS) is 10.5. The van der Waals surface area contributed by atoms with Gasteiger partial charge < -0.3 is 4.74 Å². The molecule has 1 aromatic heterocycles. The van der Waals surface area contributed by atoms with Crippen molar-refractivity contribution in [2.45, 2.75) is 25.8 Å². The molecule has 17 heavy (non-hydrogen) atoms. The van der Waals surface area contributed by atoms with Crippen molar-refractivity contribution < 1.29 is 4.74 Å². The van der Waals surface area contributed by atoms with Crippen molar-refractivity contribution in [3.05, 3.63) is 51.7 Å².